The maximum Gasteiger partial charge on any atom is 0.0305 e. The van der Waals surface area contributed by atoms with Crippen LogP contribution in [0.15, 0.2) is 28.7 Å². The highest BCUT2D eigenvalue weighted by Gasteiger charge is 2.25. The van der Waals surface area contributed by atoms with Crippen molar-refractivity contribution in [2.75, 3.05) is 6.54 Å². The number of rotatable bonds is 4. The zero-order valence-electron chi connectivity index (χ0n) is 11.0. The monoisotopic (exact) mass is 310 g/mol. The van der Waals surface area contributed by atoms with Crippen LogP contribution in [0.3, 0.4) is 0 Å². The van der Waals surface area contributed by atoms with E-state index >= 15 is 0 Å². The molecule has 0 radical (unpaired) electrons. The van der Waals surface area contributed by atoms with Crippen LogP contribution in [-0.4, -0.2) is 12.6 Å². The molecule has 1 aromatic carbocycles. The lowest BCUT2D eigenvalue weighted by Crippen LogP contribution is -2.42. The molecule has 1 saturated carbocycles. The molecule has 3 unspecified atom stereocenters. The smallest absolute Gasteiger partial charge is 0.0305 e. The number of hydrogen-bond acceptors (Lipinski definition) is 2. The first-order chi connectivity index (χ1) is 8.72. The normalized spacial score (nSPS) is 25.9. The second-order valence-corrected chi connectivity index (χ2v) is 6.15. The van der Waals surface area contributed by atoms with E-state index in [1.165, 1.54) is 35.7 Å². The van der Waals surface area contributed by atoms with Crippen LogP contribution in [-0.2, 0) is 0 Å². The molecule has 3 heteroatoms. The Morgan fingerprint density at radius 1 is 1.33 bits per heavy atom. The van der Waals surface area contributed by atoms with Gasteiger partial charge in [-0.1, -0.05) is 47.0 Å². The number of benzene rings is 1. The molecule has 3 atom stereocenters. The van der Waals surface area contributed by atoms with Gasteiger partial charge in [-0.2, -0.15) is 0 Å². The van der Waals surface area contributed by atoms with Crippen LogP contribution in [0.5, 0.6) is 0 Å². The van der Waals surface area contributed by atoms with Gasteiger partial charge in [-0.25, -0.2) is 0 Å². The molecule has 1 aliphatic rings. The molecule has 0 saturated heterocycles. The molecule has 0 heterocycles. The van der Waals surface area contributed by atoms with Gasteiger partial charge in [0, 0.05) is 16.6 Å². The molecule has 2 rings (SSSR count). The SMILES string of the molecule is CC(NC1CCCCC1CN)c1ccccc1Br. The van der Waals surface area contributed by atoms with E-state index in [1.807, 2.05) is 0 Å². The van der Waals surface area contributed by atoms with E-state index in [4.69, 9.17) is 5.73 Å². The van der Waals surface area contributed by atoms with Gasteiger partial charge in [0.25, 0.3) is 0 Å². The molecular weight excluding hydrogens is 288 g/mol. The first-order valence-corrected chi connectivity index (χ1v) is 7.72. The molecular formula is C15H23BrN2. The van der Waals surface area contributed by atoms with Gasteiger partial charge in [-0.15, -0.1) is 0 Å². The number of nitrogens with two attached hydrogens (primary N) is 1. The lowest BCUT2D eigenvalue weighted by molar-refractivity contribution is 0.252. The van der Waals surface area contributed by atoms with Gasteiger partial charge in [0.1, 0.15) is 0 Å². The summed E-state index contributed by atoms with van der Waals surface area (Å²) in [5.74, 6) is 0.642. The second-order valence-electron chi connectivity index (χ2n) is 5.30. The van der Waals surface area contributed by atoms with Gasteiger partial charge in [0.15, 0.2) is 0 Å². The number of nitrogens with one attached hydrogen (secondary N) is 1. The molecule has 100 valence electrons. The maximum atomic E-state index is 5.89. The van der Waals surface area contributed by atoms with Crippen molar-refractivity contribution in [2.45, 2.75) is 44.7 Å². The van der Waals surface area contributed by atoms with Crippen molar-refractivity contribution in [2.24, 2.45) is 11.7 Å². The fourth-order valence-corrected chi connectivity index (χ4v) is 3.57. The van der Waals surface area contributed by atoms with Crippen LogP contribution in [0, 0.1) is 5.92 Å². The van der Waals surface area contributed by atoms with E-state index in [0.29, 0.717) is 18.0 Å². The molecule has 2 nitrogen and oxygen atoms in total. The molecule has 0 aliphatic heterocycles. The quantitative estimate of drug-likeness (QED) is 0.891. The van der Waals surface area contributed by atoms with Gasteiger partial charge in [0.2, 0.25) is 0 Å². The Labute approximate surface area is 118 Å². The van der Waals surface area contributed by atoms with Crippen molar-refractivity contribution in [1.29, 1.82) is 0 Å². The minimum Gasteiger partial charge on any atom is -0.330 e. The lowest BCUT2D eigenvalue weighted by atomic mass is 9.84. The summed E-state index contributed by atoms with van der Waals surface area (Å²) >= 11 is 3.63. The lowest BCUT2D eigenvalue weighted by Gasteiger charge is -2.34. The molecule has 0 aromatic heterocycles. The predicted octanol–water partition coefficient (Wildman–Crippen LogP) is 3.62. The first-order valence-electron chi connectivity index (χ1n) is 6.93. The van der Waals surface area contributed by atoms with Gasteiger partial charge >= 0.3 is 0 Å². The van der Waals surface area contributed by atoms with Crippen molar-refractivity contribution in [3.05, 3.63) is 34.3 Å². The molecule has 0 amide bonds. The van der Waals surface area contributed by atoms with Crippen LogP contribution < -0.4 is 11.1 Å². The third-order valence-electron chi connectivity index (χ3n) is 4.05. The number of halogens is 1. The van der Waals surface area contributed by atoms with Crippen LogP contribution in [0.4, 0.5) is 0 Å². The van der Waals surface area contributed by atoms with Gasteiger partial charge in [-0.3, -0.25) is 0 Å². The van der Waals surface area contributed by atoms with Crippen molar-refractivity contribution in [3.63, 3.8) is 0 Å². The highest BCUT2D eigenvalue weighted by Crippen LogP contribution is 2.28. The predicted molar refractivity (Wildman–Crippen MR) is 80.5 cm³/mol. The fourth-order valence-electron chi connectivity index (χ4n) is 2.95. The topological polar surface area (TPSA) is 38.0 Å². The Kier molecular flexibility index (Phi) is 5.22. The Morgan fingerprint density at radius 3 is 2.78 bits per heavy atom. The summed E-state index contributed by atoms with van der Waals surface area (Å²) in [6, 6.07) is 9.39. The summed E-state index contributed by atoms with van der Waals surface area (Å²) in [4.78, 5) is 0. The minimum absolute atomic E-state index is 0.373. The van der Waals surface area contributed by atoms with Gasteiger partial charge < -0.3 is 11.1 Å². The molecule has 1 aliphatic carbocycles. The molecule has 1 aromatic rings. The zero-order chi connectivity index (χ0) is 13.0. The van der Waals surface area contributed by atoms with E-state index in [-0.39, 0.29) is 0 Å². The van der Waals surface area contributed by atoms with Crippen LogP contribution in [0.2, 0.25) is 0 Å². The fraction of sp³-hybridized carbons (Fsp3) is 0.600. The largest absolute Gasteiger partial charge is 0.330 e. The van der Waals surface area contributed by atoms with E-state index in [0.717, 1.165) is 6.54 Å². The summed E-state index contributed by atoms with van der Waals surface area (Å²) in [6.07, 6.45) is 5.20. The number of hydrogen-bond donors (Lipinski definition) is 2. The first kappa shape index (κ1) is 14.0. The van der Waals surface area contributed by atoms with Crippen LogP contribution >= 0.6 is 15.9 Å². The molecule has 3 N–H and O–H groups in total. The molecule has 0 spiro atoms. The van der Waals surface area contributed by atoms with Gasteiger partial charge in [-0.05, 0) is 43.9 Å². The summed E-state index contributed by atoms with van der Waals surface area (Å²) in [5, 5.41) is 3.77. The van der Waals surface area contributed by atoms with Crippen molar-refractivity contribution >= 4 is 15.9 Å². The average molecular weight is 311 g/mol. The van der Waals surface area contributed by atoms with Crippen molar-refractivity contribution in [3.8, 4) is 0 Å². The Bertz CT molecular complexity index is 381. The average Bonchev–Trinajstić information content (AvgIpc) is 2.39. The Morgan fingerprint density at radius 2 is 2.06 bits per heavy atom. The summed E-state index contributed by atoms with van der Waals surface area (Å²) in [6.45, 7) is 3.04. The molecule has 0 bridgehead atoms. The zero-order valence-corrected chi connectivity index (χ0v) is 12.6. The van der Waals surface area contributed by atoms with Crippen molar-refractivity contribution < 1.29 is 0 Å². The van der Waals surface area contributed by atoms with E-state index in [2.05, 4.69) is 52.4 Å². The van der Waals surface area contributed by atoms with Crippen molar-refractivity contribution in [1.82, 2.24) is 5.32 Å². The van der Waals surface area contributed by atoms with Crippen LogP contribution in [0.25, 0.3) is 0 Å². The third-order valence-corrected chi connectivity index (χ3v) is 4.77. The second kappa shape index (κ2) is 6.69. The van der Waals surface area contributed by atoms with Crippen LogP contribution in [0.1, 0.15) is 44.2 Å². The minimum atomic E-state index is 0.373. The van der Waals surface area contributed by atoms with E-state index < -0.39 is 0 Å². The third kappa shape index (κ3) is 3.34. The highest BCUT2D eigenvalue weighted by atomic mass is 79.9. The molecule has 18 heavy (non-hydrogen) atoms. The summed E-state index contributed by atoms with van der Waals surface area (Å²) < 4.78 is 1.19. The Balaban J connectivity index is 2.02. The maximum absolute atomic E-state index is 5.89. The van der Waals surface area contributed by atoms with E-state index in [9.17, 15) is 0 Å². The standard InChI is InChI=1S/C15H23BrN2/c1-11(13-7-3-4-8-14(13)16)18-15-9-5-2-6-12(15)10-17/h3-4,7-8,11-12,15,18H,2,5-6,9-10,17H2,1H3. The summed E-state index contributed by atoms with van der Waals surface area (Å²) in [7, 11) is 0. The molecule has 1 fully saturated rings. The Hall–Kier alpha value is -0.380. The van der Waals surface area contributed by atoms with Gasteiger partial charge in [0.05, 0.1) is 0 Å². The summed E-state index contributed by atoms with van der Waals surface area (Å²) in [5.41, 5.74) is 7.22. The highest BCUT2D eigenvalue weighted by molar-refractivity contribution is 9.10. The van der Waals surface area contributed by atoms with E-state index in [1.54, 1.807) is 0 Å².